The number of rotatable bonds is 1. The summed E-state index contributed by atoms with van der Waals surface area (Å²) in [6.07, 6.45) is 7.66. The van der Waals surface area contributed by atoms with Crippen molar-refractivity contribution in [1.29, 1.82) is 0 Å². The molecule has 1 aliphatic rings. The average molecular weight is 224 g/mol. The molecule has 1 atom stereocenters. The molecule has 0 saturated heterocycles. The van der Waals surface area contributed by atoms with Gasteiger partial charge in [-0.2, -0.15) is 0 Å². The third-order valence-electron chi connectivity index (χ3n) is 3.09. The van der Waals surface area contributed by atoms with Crippen LogP contribution in [0.1, 0.15) is 23.2 Å². The molecule has 1 aliphatic carbocycles. The van der Waals surface area contributed by atoms with Gasteiger partial charge in [0.25, 0.3) is 0 Å². The fourth-order valence-corrected chi connectivity index (χ4v) is 2.23. The van der Waals surface area contributed by atoms with Crippen LogP contribution in [0.2, 0.25) is 0 Å². The SMILES string of the molecule is OC1(c2ccccc2)CC=Cc2cncnc21. The quantitative estimate of drug-likeness (QED) is 0.807. The highest BCUT2D eigenvalue weighted by Crippen LogP contribution is 2.37. The summed E-state index contributed by atoms with van der Waals surface area (Å²) in [5.74, 6) is 0. The lowest BCUT2D eigenvalue weighted by Crippen LogP contribution is -2.30. The summed E-state index contributed by atoms with van der Waals surface area (Å²) < 4.78 is 0. The summed E-state index contributed by atoms with van der Waals surface area (Å²) in [5, 5.41) is 10.9. The molecule has 84 valence electrons. The van der Waals surface area contributed by atoms with E-state index in [-0.39, 0.29) is 0 Å². The molecule has 0 saturated carbocycles. The molecule has 1 aromatic heterocycles. The molecule has 0 radical (unpaired) electrons. The van der Waals surface area contributed by atoms with Crippen LogP contribution in [-0.4, -0.2) is 15.1 Å². The molecule has 3 heteroatoms. The third-order valence-corrected chi connectivity index (χ3v) is 3.09. The fraction of sp³-hybridized carbons (Fsp3) is 0.143. The van der Waals surface area contributed by atoms with Gasteiger partial charge in [-0.05, 0) is 5.56 Å². The van der Waals surface area contributed by atoms with Gasteiger partial charge in [0.1, 0.15) is 11.9 Å². The number of hydrogen-bond donors (Lipinski definition) is 1. The van der Waals surface area contributed by atoms with Gasteiger partial charge in [-0.25, -0.2) is 9.97 Å². The number of fused-ring (bicyclic) bond motifs is 1. The van der Waals surface area contributed by atoms with Crippen LogP contribution in [0.5, 0.6) is 0 Å². The van der Waals surface area contributed by atoms with Crippen molar-refractivity contribution < 1.29 is 5.11 Å². The van der Waals surface area contributed by atoms with Crippen molar-refractivity contribution in [1.82, 2.24) is 9.97 Å². The molecule has 3 nitrogen and oxygen atoms in total. The van der Waals surface area contributed by atoms with E-state index in [1.165, 1.54) is 6.33 Å². The van der Waals surface area contributed by atoms with Gasteiger partial charge in [-0.15, -0.1) is 0 Å². The Kier molecular flexibility index (Phi) is 2.27. The molecule has 17 heavy (non-hydrogen) atoms. The van der Waals surface area contributed by atoms with Gasteiger partial charge in [0.05, 0.1) is 5.69 Å². The zero-order valence-electron chi connectivity index (χ0n) is 9.24. The van der Waals surface area contributed by atoms with Gasteiger partial charge in [-0.1, -0.05) is 42.5 Å². The monoisotopic (exact) mass is 224 g/mol. The molecule has 0 amide bonds. The second kappa shape index (κ2) is 3.79. The van der Waals surface area contributed by atoms with Crippen molar-refractivity contribution in [3.8, 4) is 0 Å². The lowest BCUT2D eigenvalue weighted by molar-refractivity contribution is 0.0778. The summed E-state index contributed by atoms with van der Waals surface area (Å²) in [6, 6.07) is 9.63. The standard InChI is InChI=1S/C14H12N2O/c17-14(12-6-2-1-3-7-12)8-4-5-11-9-15-10-16-13(11)14/h1-7,9-10,17H,8H2. The van der Waals surface area contributed by atoms with Crippen molar-refractivity contribution in [2.45, 2.75) is 12.0 Å². The van der Waals surface area contributed by atoms with Crippen LogP contribution < -0.4 is 0 Å². The van der Waals surface area contributed by atoms with Gasteiger partial charge >= 0.3 is 0 Å². The van der Waals surface area contributed by atoms with E-state index >= 15 is 0 Å². The Morgan fingerprint density at radius 3 is 2.82 bits per heavy atom. The average Bonchev–Trinajstić information content (AvgIpc) is 2.40. The lowest BCUT2D eigenvalue weighted by atomic mass is 9.82. The molecule has 0 spiro atoms. The zero-order valence-corrected chi connectivity index (χ0v) is 9.24. The summed E-state index contributed by atoms with van der Waals surface area (Å²) >= 11 is 0. The highest BCUT2D eigenvalue weighted by molar-refractivity contribution is 5.57. The van der Waals surface area contributed by atoms with Crippen molar-refractivity contribution in [2.75, 3.05) is 0 Å². The summed E-state index contributed by atoms with van der Waals surface area (Å²) in [4.78, 5) is 8.22. The molecule has 1 unspecified atom stereocenters. The topological polar surface area (TPSA) is 46.0 Å². The zero-order chi connectivity index (χ0) is 11.7. The molecular formula is C14H12N2O. The Labute approximate surface area is 99.5 Å². The maximum Gasteiger partial charge on any atom is 0.136 e. The van der Waals surface area contributed by atoms with Gasteiger partial charge in [0.15, 0.2) is 0 Å². The number of aliphatic hydroxyl groups is 1. The fourth-order valence-electron chi connectivity index (χ4n) is 2.23. The van der Waals surface area contributed by atoms with Crippen molar-refractivity contribution in [3.05, 3.63) is 65.8 Å². The first-order chi connectivity index (χ1) is 8.31. The number of benzene rings is 1. The molecule has 0 aliphatic heterocycles. The van der Waals surface area contributed by atoms with E-state index in [0.29, 0.717) is 12.1 Å². The maximum absolute atomic E-state index is 10.9. The molecule has 3 rings (SSSR count). The number of aromatic nitrogens is 2. The summed E-state index contributed by atoms with van der Waals surface area (Å²) in [5.41, 5.74) is 1.39. The van der Waals surface area contributed by atoms with Crippen LogP contribution in [0.4, 0.5) is 0 Å². The van der Waals surface area contributed by atoms with Gasteiger partial charge in [0.2, 0.25) is 0 Å². The van der Waals surface area contributed by atoms with E-state index in [0.717, 1.165) is 11.1 Å². The minimum atomic E-state index is -1.03. The normalized spacial score (nSPS) is 22.2. The second-order valence-electron chi connectivity index (χ2n) is 4.16. The largest absolute Gasteiger partial charge is 0.378 e. The van der Waals surface area contributed by atoms with Crippen molar-refractivity contribution in [2.24, 2.45) is 0 Å². The van der Waals surface area contributed by atoms with E-state index < -0.39 is 5.60 Å². The predicted octanol–water partition coefficient (Wildman–Crippen LogP) is 2.13. The Hall–Kier alpha value is -2.00. The molecule has 2 aromatic rings. The number of hydrogen-bond acceptors (Lipinski definition) is 3. The third kappa shape index (κ3) is 1.56. The van der Waals surface area contributed by atoms with E-state index in [4.69, 9.17) is 0 Å². The van der Waals surface area contributed by atoms with Crippen LogP contribution in [-0.2, 0) is 5.60 Å². The van der Waals surface area contributed by atoms with Gasteiger partial charge in [-0.3, -0.25) is 0 Å². The molecule has 1 N–H and O–H groups in total. The number of nitrogens with zero attached hydrogens (tertiary/aromatic N) is 2. The highest BCUT2D eigenvalue weighted by atomic mass is 16.3. The summed E-state index contributed by atoms with van der Waals surface area (Å²) in [7, 11) is 0. The Bertz CT molecular complexity index is 565. The minimum absolute atomic E-state index is 0.543. The molecule has 1 aromatic carbocycles. The van der Waals surface area contributed by atoms with Gasteiger partial charge in [0, 0.05) is 18.2 Å². The second-order valence-corrected chi connectivity index (χ2v) is 4.16. The molecule has 0 bridgehead atoms. The first kappa shape index (κ1) is 10.2. The predicted molar refractivity (Wildman–Crippen MR) is 65.1 cm³/mol. The van der Waals surface area contributed by atoms with Crippen molar-refractivity contribution in [3.63, 3.8) is 0 Å². The van der Waals surface area contributed by atoms with Crippen LogP contribution in [0.25, 0.3) is 6.08 Å². The first-order valence-corrected chi connectivity index (χ1v) is 5.55. The van der Waals surface area contributed by atoms with E-state index in [1.807, 2.05) is 42.5 Å². The molecule has 1 heterocycles. The smallest absolute Gasteiger partial charge is 0.136 e. The van der Waals surface area contributed by atoms with Gasteiger partial charge < -0.3 is 5.11 Å². The minimum Gasteiger partial charge on any atom is -0.378 e. The molecule has 0 fully saturated rings. The molecular weight excluding hydrogens is 212 g/mol. The van der Waals surface area contributed by atoms with Crippen LogP contribution in [0, 0.1) is 0 Å². The Morgan fingerprint density at radius 1 is 1.18 bits per heavy atom. The van der Waals surface area contributed by atoms with Crippen LogP contribution in [0.3, 0.4) is 0 Å². The first-order valence-electron chi connectivity index (χ1n) is 5.55. The van der Waals surface area contributed by atoms with Crippen molar-refractivity contribution >= 4 is 6.08 Å². The van der Waals surface area contributed by atoms with Crippen LogP contribution >= 0.6 is 0 Å². The maximum atomic E-state index is 10.9. The van der Waals surface area contributed by atoms with E-state index in [2.05, 4.69) is 9.97 Å². The Balaban J connectivity index is 2.19. The van der Waals surface area contributed by atoms with Crippen LogP contribution in [0.15, 0.2) is 48.9 Å². The highest BCUT2D eigenvalue weighted by Gasteiger charge is 2.35. The van der Waals surface area contributed by atoms with E-state index in [1.54, 1.807) is 6.20 Å². The summed E-state index contributed by atoms with van der Waals surface area (Å²) in [6.45, 7) is 0. The van der Waals surface area contributed by atoms with E-state index in [9.17, 15) is 5.11 Å². The Morgan fingerprint density at radius 2 is 2.00 bits per heavy atom. The lowest BCUT2D eigenvalue weighted by Gasteiger charge is -2.30.